The lowest BCUT2D eigenvalue weighted by Crippen LogP contribution is -2.37. The van der Waals surface area contributed by atoms with Crippen LogP contribution in [0.4, 0.5) is 0 Å². The van der Waals surface area contributed by atoms with Crippen LogP contribution in [0.2, 0.25) is 0 Å². The van der Waals surface area contributed by atoms with Crippen LogP contribution in [-0.2, 0) is 14.3 Å². The van der Waals surface area contributed by atoms with Crippen LogP contribution < -0.4 is 0 Å². The third kappa shape index (κ3) is 1.41. The van der Waals surface area contributed by atoms with Crippen molar-refractivity contribution < 1.29 is 24.5 Å². The molecule has 1 heterocycles. The Kier molecular flexibility index (Phi) is 2.04. The van der Waals surface area contributed by atoms with E-state index >= 15 is 0 Å². The van der Waals surface area contributed by atoms with Gasteiger partial charge in [0.2, 0.25) is 5.60 Å². The first-order valence-electron chi connectivity index (χ1n) is 4.36. The molecule has 1 aliphatic carbocycles. The number of carbonyl (C=O) groups is 1. The van der Waals surface area contributed by atoms with E-state index in [2.05, 4.69) is 0 Å². The zero-order chi connectivity index (χ0) is 11.1. The fraction of sp³-hybridized carbons (Fsp3) is 0.300. The second-order valence-electron chi connectivity index (χ2n) is 3.28. The van der Waals surface area contributed by atoms with Gasteiger partial charge in [-0.25, -0.2) is 4.79 Å². The Morgan fingerprint density at radius 3 is 2.93 bits per heavy atom. The summed E-state index contributed by atoms with van der Waals surface area (Å²) >= 11 is 0. The van der Waals surface area contributed by atoms with Crippen molar-refractivity contribution in [3.63, 3.8) is 0 Å². The van der Waals surface area contributed by atoms with Crippen molar-refractivity contribution in [1.82, 2.24) is 0 Å². The Morgan fingerprint density at radius 2 is 2.33 bits per heavy atom. The molecule has 2 N–H and O–H groups in total. The molecular formula is C10H10O5. The highest BCUT2D eigenvalue weighted by Crippen LogP contribution is 2.34. The predicted molar refractivity (Wildman–Crippen MR) is 49.8 cm³/mol. The summed E-state index contributed by atoms with van der Waals surface area (Å²) in [5, 5.41) is 18.6. The van der Waals surface area contributed by atoms with Gasteiger partial charge in [-0.3, -0.25) is 0 Å². The number of methoxy groups -OCH3 is 1. The van der Waals surface area contributed by atoms with E-state index in [-0.39, 0.29) is 0 Å². The number of aliphatic carboxylic acids is 1. The third-order valence-electron chi connectivity index (χ3n) is 2.32. The van der Waals surface area contributed by atoms with Gasteiger partial charge in [0.05, 0.1) is 12.7 Å². The molecule has 2 rings (SSSR count). The molecule has 1 unspecified atom stereocenters. The van der Waals surface area contributed by atoms with Crippen molar-refractivity contribution in [2.75, 3.05) is 13.7 Å². The first kappa shape index (κ1) is 9.79. The highest BCUT2D eigenvalue weighted by atomic mass is 16.5. The molecular weight excluding hydrogens is 200 g/mol. The first-order chi connectivity index (χ1) is 7.07. The van der Waals surface area contributed by atoms with Crippen LogP contribution in [0, 0.1) is 0 Å². The largest absolute Gasteiger partial charge is 0.496 e. The lowest BCUT2D eigenvalue weighted by atomic mass is 9.93. The Hall–Kier alpha value is -1.75. The molecule has 0 saturated heterocycles. The second-order valence-corrected chi connectivity index (χ2v) is 3.28. The monoisotopic (exact) mass is 210 g/mol. The maximum atomic E-state index is 10.9. The van der Waals surface area contributed by atoms with Gasteiger partial charge < -0.3 is 19.7 Å². The number of rotatable bonds is 2. The van der Waals surface area contributed by atoms with E-state index in [9.17, 15) is 9.90 Å². The van der Waals surface area contributed by atoms with E-state index in [1.54, 1.807) is 6.08 Å². The van der Waals surface area contributed by atoms with Crippen LogP contribution in [0.3, 0.4) is 0 Å². The smallest absolute Gasteiger partial charge is 0.344 e. The lowest BCUT2D eigenvalue weighted by Gasteiger charge is -2.23. The number of aliphatic hydroxyl groups is 1. The molecule has 0 aromatic carbocycles. The average Bonchev–Trinajstić information content (AvgIpc) is 2.63. The average molecular weight is 210 g/mol. The normalized spacial score (nSPS) is 28.3. The molecule has 2 aliphatic rings. The topological polar surface area (TPSA) is 76.0 Å². The van der Waals surface area contributed by atoms with Crippen LogP contribution >= 0.6 is 0 Å². The van der Waals surface area contributed by atoms with Gasteiger partial charge in [0, 0.05) is 12.2 Å². The van der Waals surface area contributed by atoms with Gasteiger partial charge >= 0.3 is 5.97 Å². The number of carboxylic acids is 1. The van der Waals surface area contributed by atoms with Gasteiger partial charge in [-0.2, -0.15) is 0 Å². The molecule has 0 saturated carbocycles. The highest BCUT2D eigenvalue weighted by molar-refractivity contribution is 5.84. The summed E-state index contributed by atoms with van der Waals surface area (Å²) in [6, 6.07) is 0. The van der Waals surface area contributed by atoms with Crippen molar-refractivity contribution >= 4 is 5.97 Å². The summed E-state index contributed by atoms with van der Waals surface area (Å²) in [7, 11) is 1.41. The Labute approximate surface area is 85.9 Å². The van der Waals surface area contributed by atoms with E-state index in [0.717, 1.165) is 12.2 Å². The van der Waals surface area contributed by atoms with Crippen LogP contribution in [0.25, 0.3) is 0 Å². The standard InChI is InChI=1S/C10H10O5/c1-14-7-4-10(13,9(11)12)5-8-6(7)2-3-15-8/h2,4-5,13H,3H2,1H3,(H,11,12). The highest BCUT2D eigenvalue weighted by Gasteiger charge is 2.39. The molecule has 5 nitrogen and oxygen atoms in total. The molecule has 1 atom stereocenters. The lowest BCUT2D eigenvalue weighted by molar-refractivity contribution is -0.149. The molecule has 80 valence electrons. The molecule has 1 aliphatic heterocycles. The van der Waals surface area contributed by atoms with E-state index in [4.69, 9.17) is 14.6 Å². The Morgan fingerprint density at radius 1 is 1.60 bits per heavy atom. The van der Waals surface area contributed by atoms with Crippen molar-refractivity contribution in [3.05, 3.63) is 35.3 Å². The Bertz CT molecular complexity index is 404. The maximum Gasteiger partial charge on any atom is 0.344 e. The molecule has 0 aromatic rings. The van der Waals surface area contributed by atoms with E-state index in [1.807, 2.05) is 0 Å². The molecule has 0 spiro atoms. The number of hydrogen-bond donors (Lipinski definition) is 2. The third-order valence-corrected chi connectivity index (χ3v) is 2.32. The quantitative estimate of drug-likeness (QED) is 0.680. The SMILES string of the molecule is COC1=CC(O)(C(=O)O)C=C2OCC=C12. The molecule has 15 heavy (non-hydrogen) atoms. The first-order valence-corrected chi connectivity index (χ1v) is 4.36. The van der Waals surface area contributed by atoms with Gasteiger partial charge in [-0.05, 0) is 6.08 Å². The predicted octanol–water partition coefficient (Wildman–Crippen LogP) is 0.187. The summed E-state index contributed by atoms with van der Waals surface area (Å²) in [6.07, 6.45) is 4.08. The minimum Gasteiger partial charge on any atom is -0.496 e. The number of carboxylic acid groups (broad SMARTS) is 1. The fourth-order valence-electron chi connectivity index (χ4n) is 1.55. The summed E-state index contributed by atoms with van der Waals surface area (Å²) in [6.45, 7) is 0.359. The minimum atomic E-state index is -2.05. The van der Waals surface area contributed by atoms with Gasteiger partial charge in [-0.1, -0.05) is 0 Å². The molecule has 0 bridgehead atoms. The van der Waals surface area contributed by atoms with Crippen molar-refractivity contribution in [2.45, 2.75) is 5.60 Å². The summed E-state index contributed by atoms with van der Waals surface area (Å²) in [4.78, 5) is 10.9. The summed E-state index contributed by atoms with van der Waals surface area (Å²) < 4.78 is 10.2. The van der Waals surface area contributed by atoms with E-state index < -0.39 is 11.6 Å². The van der Waals surface area contributed by atoms with Gasteiger partial charge in [0.15, 0.2) is 0 Å². The molecule has 0 radical (unpaired) electrons. The summed E-state index contributed by atoms with van der Waals surface area (Å²) in [5.41, 5.74) is -1.37. The molecule has 0 aromatic heterocycles. The Balaban J connectivity index is 2.48. The number of hydrogen-bond acceptors (Lipinski definition) is 4. The van der Waals surface area contributed by atoms with Crippen molar-refractivity contribution in [2.24, 2.45) is 0 Å². The van der Waals surface area contributed by atoms with E-state index in [1.165, 1.54) is 7.11 Å². The van der Waals surface area contributed by atoms with Crippen LogP contribution in [0.15, 0.2) is 35.3 Å². The van der Waals surface area contributed by atoms with Crippen molar-refractivity contribution in [1.29, 1.82) is 0 Å². The van der Waals surface area contributed by atoms with Crippen molar-refractivity contribution in [3.8, 4) is 0 Å². The van der Waals surface area contributed by atoms with Crippen LogP contribution in [-0.4, -0.2) is 35.5 Å². The molecule has 0 amide bonds. The molecule has 0 fully saturated rings. The van der Waals surface area contributed by atoms with Gasteiger partial charge in [0.25, 0.3) is 0 Å². The summed E-state index contributed by atoms with van der Waals surface area (Å²) in [5.74, 6) is -0.701. The number of ether oxygens (including phenoxy) is 2. The second kappa shape index (κ2) is 3.13. The zero-order valence-corrected chi connectivity index (χ0v) is 8.06. The van der Waals surface area contributed by atoms with Gasteiger partial charge in [0.1, 0.15) is 18.1 Å². The number of fused-ring (bicyclic) bond motifs is 1. The molecule has 5 heteroatoms. The fourth-order valence-corrected chi connectivity index (χ4v) is 1.55. The van der Waals surface area contributed by atoms with E-state index in [0.29, 0.717) is 23.7 Å². The van der Waals surface area contributed by atoms with Crippen LogP contribution in [0.1, 0.15) is 0 Å². The van der Waals surface area contributed by atoms with Crippen LogP contribution in [0.5, 0.6) is 0 Å². The zero-order valence-electron chi connectivity index (χ0n) is 8.06. The minimum absolute atomic E-state index is 0.315. The van der Waals surface area contributed by atoms with Gasteiger partial charge in [-0.15, -0.1) is 0 Å². The maximum absolute atomic E-state index is 10.9.